The van der Waals surface area contributed by atoms with Crippen LogP contribution in [-0.4, -0.2) is 34.9 Å². The minimum atomic E-state index is -0.876. The average Bonchev–Trinajstić information content (AvgIpc) is 3.12. The van der Waals surface area contributed by atoms with Crippen molar-refractivity contribution in [2.45, 2.75) is 206 Å². The molecular weight excluding hydrogens is 615 g/mol. The molecule has 4 nitrogen and oxygen atoms in total. The van der Waals surface area contributed by atoms with Crippen molar-refractivity contribution in [2.75, 3.05) is 6.61 Å². The van der Waals surface area contributed by atoms with Crippen LogP contribution in [0.15, 0.2) is 72.9 Å². The third kappa shape index (κ3) is 37.1. The number of carbonyl (C=O) groups excluding carboxylic acids is 1. The predicted octanol–water partition coefficient (Wildman–Crippen LogP) is 13.1. The molecule has 4 heteroatoms. The molecule has 0 aliphatic rings. The molecule has 0 aliphatic carbocycles. The number of aliphatic hydroxyl groups excluding tert-OH is 2. The van der Waals surface area contributed by atoms with Gasteiger partial charge in [0.1, 0.15) is 0 Å². The maximum atomic E-state index is 12.4. The van der Waals surface area contributed by atoms with Crippen molar-refractivity contribution in [1.82, 2.24) is 5.32 Å². The predicted molar refractivity (Wildman–Crippen MR) is 220 cm³/mol. The van der Waals surface area contributed by atoms with Gasteiger partial charge in [-0.3, -0.25) is 4.79 Å². The van der Waals surface area contributed by atoms with Gasteiger partial charge in [0, 0.05) is 6.42 Å². The molecule has 0 radical (unpaired) electrons. The molecule has 0 aromatic rings. The van der Waals surface area contributed by atoms with Crippen LogP contribution in [0.2, 0.25) is 0 Å². The van der Waals surface area contributed by atoms with Crippen LogP contribution in [0, 0.1) is 0 Å². The number of nitrogens with one attached hydrogen (secondary N) is 1. The molecule has 288 valence electrons. The Hall–Kier alpha value is -2.17. The Morgan fingerprint density at radius 1 is 0.480 bits per heavy atom. The molecule has 2 atom stereocenters. The highest BCUT2D eigenvalue weighted by Crippen LogP contribution is 2.12. The Balaban J connectivity index is 3.68. The van der Waals surface area contributed by atoms with Gasteiger partial charge in [0.25, 0.3) is 0 Å². The summed E-state index contributed by atoms with van der Waals surface area (Å²) in [6.07, 6.45) is 58.5. The van der Waals surface area contributed by atoms with E-state index in [1.54, 1.807) is 6.08 Å². The van der Waals surface area contributed by atoms with E-state index in [2.05, 4.69) is 79.9 Å². The fraction of sp³-hybridized carbons (Fsp3) is 0.717. The lowest BCUT2D eigenvalue weighted by atomic mass is 10.1. The number of rotatable bonds is 37. The highest BCUT2D eigenvalue weighted by atomic mass is 16.3. The van der Waals surface area contributed by atoms with E-state index in [1.165, 1.54) is 116 Å². The fourth-order valence-electron chi connectivity index (χ4n) is 5.86. The normalized spacial score (nSPS) is 13.8. The van der Waals surface area contributed by atoms with E-state index in [1.807, 2.05) is 6.08 Å². The molecule has 0 spiro atoms. The smallest absolute Gasteiger partial charge is 0.220 e. The molecule has 0 bridgehead atoms. The van der Waals surface area contributed by atoms with Gasteiger partial charge < -0.3 is 15.5 Å². The van der Waals surface area contributed by atoms with E-state index >= 15 is 0 Å². The van der Waals surface area contributed by atoms with E-state index in [-0.39, 0.29) is 12.5 Å². The van der Waals surface area contributed by atoms with Crippen molar-refractivity contribution >= 4 is 5.91 Å². The molecule has 1 amide bonds. The Bertz CT molecular complexity index is 884. The summed E-state index contributed by atoms with van der Waals surface area (Å²) in [5, 5.41) is 22.9. The number of amides is 1. The van der Waals surface area contributed by atoms with E-state index < -0.39 is 12.1 Å². The highest BCUT2D eigenvalue weighted by Gasteiger charge is 2.17. The Labute approximate surface area is 310 Å². The second-order valence-corrected chi connectivity index (χ2v) is 14.0. The topological polar surface area (TPSA) is 69.6 Å². The van der Waals surface area contributed by atoms with Gasteiger partial charge in [-0.05, 0) is 83.5 Å². The molecule has 0 saturated heterocycles. The molecule has 0 saturated carbocycles. The van der Waals surface area contributed by atoms with Crippen molar-refractivity contribution in [3.63, 3.8) is 0 Å². The van der Waals surface area contributed by atoms with E-state index in [9.17, 15) is 15.0 Å². The largest absolute Gasteiger partial charge is 0.394 e. The molecular formula is C46H81NO3. The van der Waals surface area contributed by atoms with Gasteiger partial charge >= 0.3 is 0 Å². The zero-order chi connectivity index (χ0) is 36.4. The van der Waals surface area contributed by atoms with Crippen LogP contribution in [0.3, 0.4) is 0 Å². The number of aliphatic hydroxyl groups is 2. The number of carbonyl (C=O) groups is 1. The molecule has 0 aromatic carbocycles. The average molecular weight is 696 g/mol. The van der Waals surface area contributed by atoms with Crippen molar-refractivity contribution in [1.29, 1.82) is 0 Å². The summed E-state index contributed by atoms with van der Waals surface area (Å²) < 4.78 is 0. The van der Waals surface area contributed by atoms with Crippen LogP contribution in [0.1, 0.15) is 194 Å². The van der Waals surface area contributed by atoms with Crippen LogP contribution in [-0.2, 0) is 4.79 Å². The van der Waals surface area contributed by atoms with Crippen LogP contribution in [0.5, 0.6) is 0 Å². The lowest BCUT2D eigenvalue weighted by molar-refractivity contribution is -0.123. The number of allylic oxidation sites excluding steroid dienone is 11. The van der Waals surface area contributed by atoms with Crippen molar-refractivity contribution in [3.8, 4) is 0 Å². The third-order valence-electron chi connectivity index (χ3n) is 9.14. The molecule has 0 fully saturated rings. The van der Waals surface area contributed by atoms with E-state index in [0.29, 0.717) is 6.42 Å². The summed E-state index contributed by atoms with van der Waals surface area (Å²) in [5.41, 5.74) is 0. The van der Waals surface area contributed by atoms with Crippen molar-refractivity contribution in [3.05, 3.63) is 72.9 Å². The van der Waals surface area contributed by atoms with Gasteiger partial charge in [-0.1, -0.05) is 177 Å². The number of hydrogen-bond donors (Lipinski definition) is 3. The summed E-state index contributed by atoms with van der Waals surface area (Å²) in [5.74, 6) is -0.0890. The first kappa shape index (κ1) is 47.8. The molecule has 0 aromatic heterocycles. The Kier molecular flexibility index (Phi) is 39.5. The minimum absolute atomic E-state index is 0.0890. The number of unbranched alkanes of at least 4 members (excludes halogenated alkanes) is 20. The molecule has 50 heavy (non-hydrogen) atoms. The monoisotopic (exact) mass is 696 g/mol. The zero-order valence-electron chi connectivity index (χ0n) is 32.9. The standard InChI is InChI=1S/C46H81NO3/c1-3-5-7-9-11-13-15-17-19-20-21-22-23-24-25-26-28-30-32-34-36-38-40-42-46(50)47-44(43-48)45(49)41-39-37-35-33-31-29-27-18-16-14-12-10-8-6-4-2/h15-18,20-21,23-24,31,33,39,41,44-45,48-49H,3-14,19,22,25-30,32,34-38,40,42-43H2,1-2H3,(H,47,50)/b17-15-,18-16+,21-20-,24-23-,33-31+,41-39+. The summed E-state index contributed by atoms with van der Waals surface area (Å²) in [7, 11) is 0. The molecule has 0 heterocycles. The van der Waals surface area contributed by atoms with Crippen LogP contribution in [0.4, 0.5) is 0 Å². The van der Waals surface area contributed by atoms with Gasteiger partial charge in [-0.25, -0.2) is 0 Å². The maximum Gasteiger partial charge on any atom is 0.220 e. The first-order valence-electron chi connectivity index (χ1n) is 21.2. The van der Waals surface area contributed by atoms with Crippen LogP contribution < -0.4 is 5.32 Å². The van der Waals surface area contributed by atoms with Gasteiger partial charge in [0.2, 0.25) is 5.91 Å². The van der Waals surface area contributed by atoms with Gasteiger partial charge in [-0.15, -0.1) is 0 Å². The van der Waals surface area contributed by atoms with E-state index in [0.717, 1.165) is 57.8 Å². The second kappa shape index (κ2) is 41.3. The maximum absolute atomic E-state index is 12.4. The van der Waals surface area contributed by atoms with Crippen molar-refractivity contribution < 1.29 is 15.0 Å². The molecule has 0 rings (SSSR count). The SMILES string of the molecule is CCCCCCC/C=C\C/C=C\C/C=C\CCCCCCCCCCC(=O)NC(CO)C(O)/C=C/CC/C=C/CC/C=C/CCCCCCC. The van der Waals surface area contributed by atoms with Gasteiger partial charge in [0.05, 0.1) is 18.8 Å². The quantitative estimate of drug-likeness (QED) is 0.0447. The lowest BCUT2D eigenvalue weighted by Gasteiger charge is -2.19. The first-order chi connectivity index (χ1) is 24.7. The second-order valence-electron chi connectivity index (χ2n) is 14.0. The molecule has 3 N–H and O–H groups in total. The van der Waals surface area contributed by atoms with Crippen LogP contribution >= 0.6 is 0 Å². The molecule has 2 unspecified atom stereocenters. The summed E-state index contributed by atoms with van der Waals surface area (Å²) in [4.78, 5) is 12.4. The Morgan fingerprint density at radius 2 is 0.840 bits per heavy atom. The zero-order valence-corrected chi connectivity index (χ0v) is 32.9. The summed E-state index contributed by atoms with van der Waals surface area (Å²) in [6.45, 7) is 4.25. The van der Waals surface area contributed by atoms with Gasteiger partial charge in [-0.2, -0.15) is 0 Å². The van der Waals surface area contributed by atoms with Gasteiger partial charge in [0.15, 0.2) is 0 Å². The van der Waals surface area contributed by atoms with E-state index in [4.69, 9.17) is 0 Å². The lowest BCUT2D eigenvalue weighted by Crippen LogP contribution is -2.45. The van der Waals surface area contributed by atoms with Crippen molar-refractivity contribution in [2.24, 2.45) is 0 Å². The number of hydrogen-bond acceptors (Lipinski definition) is 3. The Morgan fingerprint density at radius 3 is 1.30 bits per heavy atom. The first-order valence-corrected chi connectivity index (χ1v) is 21.2. The highest BCUT2D eigenvalue weighted by molar-refractivity contribution is 5.76. The van der Waals surface area contributed by atoms with Crippen LogP contribution in [0.25, 0.3) is 0 Å². The summed E-state index contributed by atoms with van der Waals surface area (Å²) in [6, 6.07) is -0.652. The third-order valence-corrected chi connectivity index (χ3v) is 9.14. The summed E-state index contributed by atoms with van der Waals surface area (Å²) >= 11 is 0. The minimum Gasteiger partial charge on any atom is -0.394 e. The molecule has 0 aliphatic heterocycles. The fourth-order valence-corrected chi connectivity index (χ4v) is 5.86.